The molecule has 39 heavy (non-hydrogen) atoms. The van der Waals surface area contributed by atoms with E-state index in [-0.39, 0.29) is 12.8 Å². The number of thioether (sulfide) groups is 1. The molecule has 4 rings (SSSR count). The highest BCUT2D eigenvalue weighted by molar-refractivity contribution is 8.03. The second-order valence-electron chi connectivity index (χ2n) is 9.41. The van der Waals surface area contributed by atoms with Crippen LogP contribution in [0.25, 0.3) is 16.8 Å². The first kappa shape index (κ1) is 29.8. The fraction of sp³-hybridized carbons (Fsp3) is 0.370. The molecule has 0 aliphatic carbocycles. The van der Waals surface area contributed by atoms with Crippen LogP contribution in [-0.2, 0) is 26.8 Å². The molecule has 0 unspecified atom stereocenters. The molecule has 0 bridgehead atoms. The molecule has 1 aliphatic heterocycles. The maximum Gasteiger partial charge on any atom is 0.262 e. The van der Waals surface area contributed by atoms with Gasteiger partial charge >= 0.3 is 0 Å². The summed E-state index contributed by atoms with van der Waals surface area (Å²) in [5, 5.41) is 4.06. The Labute approximate surface area is 238 Å². The minimum absolute atomic E-state index is 0.212. The first-order valence-electron chi connectivity index (χ1n) is 12.6. The normalized spacial score (nSPS) is 15.5. The van der Waals surface area contributed by atoms with Crippen LogP contribution < -0.4 is 9.47 Å². The van der Waals surface area contributed by atoms with E-state index in [9.17, 15) is 25.9 Å². The third-order valence-corrected chi connectivity index (χ3v) is 10.5. The standard InChI is InChI=1S/C27H32N2O6S4/c1-4-21(17-25-28(19(2)20(3)36-25)13-7-15-38(30,31)32)18-26-29(14-8-16-39(33,34)35)27-23-10-6-5-9-22(23)11-12-24(27)37-26/h5-6,9-12,17-18H,4,7-8,13-16H2,1-3H3,(H-,30,31,32,33,34,35)/p-1. The summed E-state index contributed by atoms with van der Waals surface area (Å²) in [5.41, 5.74) is 3.09. The number of aromatic nitrogens is 1. The van der Waals surface area contributed by atoms with Gasteiger partial charge in [-0.15, -0.1) is 0 Å². The van der Waals surface area contributed by atoms with Gasteiger partial charge in [0.05, 0.1) is 35.8 Å². The van der Waals surface area contributed by atoms with E-state index in [0.29, 0.717) is 13.1 Å². The average molecular weight is 608 g/mol. The number of thiazole rings is 1. The van der Waals surface area contributed by atoms with Gasteiger partial charge in [-0.25, -0.2) is 16.8 Å². The largest absolute Gasteiger partial charge is 0.748 e. The number of benzene rings is 2. The Kier molecular flexibility index (Phi) is 9.24. The summed E-state index contributed by atoms with van der Waals surface area (Å²) in [6, 6.07) is 12.2. The topological polar surface area (TPSA) is 122 Å². The lowest BCUT2D eigenvalue weighted by molar-refractivity contribution is -0.699. The predicted molar refractivity (Wildman–Crippen MR) is 156 cm³/mol. The van der Waals surface area contributed by atoms with Crippen LogP contribution in [0.5, 0.6) is 0 Å². The van der Waals surface area contributed by atoms with Crippen LogP contribution in [0.15, 0.2) is 58.0 Å². The van der Waals surface area contributed by atoms with E-state index >= 15 is 0 Å². The van der Waals surface area contributed by atoms with Crippen LogP contribution in [0.4, 0.5) is 5.69 Å². The summed E-state index contributed by atoms with van der Waals surface area (Å²) in [4.78, 5) is 4.29. The van der Waals surface area contributed by atoms with Crippen LogP contribution in [0.2, 0.25) is 0 Å². The zero-order chi connectivity index (χ0) is 28.4. The number of nitrogens with zero attached hydrogens (tertiary/aromatic N) is 2. The lowest BCUT2D eigenvalue weighted by atomic mass is 10.1. The maximum absolute atomic E-state index is 11.3. The fourth-order valence-electron chi connectivity index (χ4n) is 4.59. The van der Waals surface area contributed by atoms with Crippen molar-refractivity contribution in [2.24, 2.45) is 0 Å². The molecule has 1 aromatic heterocycles. The van der Waals surface area contributed by atoms with Crippen molar-refractivity contribution in [3.05, 3.63) is 68.7 Å². The number of fused-ring (bicyclic) bond motifs is 3. The summed E-state index contributed by atoms with van der Waals surface area (Å²) in [7, 11) is -8.59. The van der Waals surface area contributed by atoms with Crippen molar-refractivity contribution in [2.75, 3.05) is 23.0 Å². The zero-order valence-electron chi connectivity index (χ0n) is 22.0. The van der Waals surface area contributed by atoms with Gasteiger partial charge in [0, 0.05) is 47.8 Å². The molecule has 3 aromatic rings. The third kappa shape index (κ3) is 7.50. The second kappa shape index (κ2) is 12.1. The summed E-state index contributed by atoms with van der Waals surface area (Å²) in [6.07, 6.45) is 5.37. The van der Waals surface area contributed by atoms with Gasteiger partial charge in [0.1, 0.15) is 0 Å². The Morgan fingerprint density at radius 3 is 2.38 bits per heavy atom. The number of rotatable bonds is 11. The molecule has 0 fully saturated rings. The van der Waals surface area contributed by atoms with Crippen molar-refractivity contribution in [1.29, 1.82) is 0 Å². The van der Waals surface area contributed by atoms with E-state index in [0.717, 1.165) is 54.0 Å². The quantitative estimate of drug-likeness (QED) is 0.222. The van der Waals surface area contributed by atoms with Crippen LogP contribution in [0.3, 0.4) is 0 Å². The van der Waals surface area contributed by atoms with E-state index in [2.05, 4.69) is 40.7 Å². The second-order valence-corrected chi connectivity index (χ2v) is 14.8. The Morgan fingerprint density at radius 1 is 1.00 bits per heavy atom. The number of hydrogen-bond acceptors (Lipinski definition) is 9. The summed E-state index contributed by atoms with van der Waals surface area (Å²) < 4.78 is 69.3. The van der Waals surface area contributed by atoms with Crippen LogP contribution >= 0.6 is 23.1 Å². The Morgan fingerprint density at radius 2 is 1.69 bits per heavy atom. The highest BCUT2D eigenvalue weighted by Gasteiger charge is 2.27. The van der Waals surface area contributed by atoms with Crippen molar-refractivity contribution in [2.45, 2.75) is 51.5 Å². The molecule has 0 amide bonds. The van der Waals surface area contributed by atoms with Crippen molar-refractivity contribution in [3.63, 3.8) is 0 Å². The molecular weight excluding hydrogens is 577 g/mol. The Hall–Kier alpha value is -2.22. The molecule has 12 heteroatoms. The molecular formula is C27H31N2O6S4-. The molecule has 8 nitrogen and oxygen atoms in total. The highest BCUT2D eigenvalue weighted by atomic mass is 32.2. The van der Waals surface area contributed by atoms with Gasteiger partial charge in [0.25, 0.3) is 5.01 Å². The molecule has 210 valence electrons. The van der Waals surface area contributed by atoms with Crippen LogP contribution in [0, 0.1) is 13.8 Å². The number of aryl methyl sites for hydroxylation is 1. The molecule has 0 spiro atoms. The molecule has 1 aliphatic rings. The van der Waals surface area contributed by atoms with Crippen LogP contribution in [-0.4, -0.2) is 44.0 Å². The smallest absolute Gasteiger partial charge is 0.262 e. The van der Waals surface area contributed by atoms with Crippen molar-refractivity contribution < 1.29 is 30.5 Å². The van der Waals surface area contributed by atoms with E-state index in [1.165, 1.54) is 0 Å². The SMILES string of the molecule is CCC(/C=C1\Sc2ccc3ccccc3c2N1CCCS(=O)(=O)[O-])=C\c1sc(C)c(C)[n+]1CCCS(=O)(=O)[O-]. The molecule has 0 saturated heterocycles. The number of hydrogen-bond donors (Lipinski definition) is 0. The Balaban J connectivity index is 1.71. The van der Waals surface area contributed by atoms with Gasteiger partial charge in [0.15, 0.2) is 12.2 Å². The highest BCUT2D eigenvalue weighted by Crippen LogP contribution is 2.50. The van der Waals surface area contributed by atoms with E-state index < -0.39 is 31.7 Å². The van der Waals surface area contributed by atoms with Gasteiger partial charge in [-0.05, 0) is 42.9 Å². The van der Waals surface area contributed by atoms with Gasteiger partial charge in [-0.2, -0.15) is 4.57 Å². The maximum atomic E-state index is 11.3. The van der Waals surface area contributed by atoms with Crippen LogP contribution in [0.1, 0.15) is 41.8 Å². The van der Waals surface area contributed by atoms with Gasteiger partial charge in [0.2, 0.25) is 0 Å². The number of anilines is 1. The van der Waals surface area contributed by atoms with Crippen molar-refractivity contribution >= 4 is 65.9 Å². The number of allylic oxidation sites excluding steroid dienone is 2. The first-order chi connectivity index (χ1) is 18.4. The van der Waals surface area contributed by atoms with E-state index in [4.69, 9.17) is 0 Å². The van der Waals surface area contributed by atoms with E-state index in [1.807, 2.05) is 38.1 Å². The molecule has 2 heterocycles. The summed E-state index contributed by atoms with van der Waals surface area (Å²) in [6.45, 7) is 6.88. The monoisotopic (exact) mass is 607 g/mol. The summed E-state index contributed by atoms with van der Waals surface area (Å²) >= 11 is 3.23. The lowest BCUT2D eigenvalue weighted by Crippen LogP contribution is -2.38. The Bertz CT molecular complexity index is 1660. The molecule has 0 saturated carbocycles. The predicted octanol–water partition coefficient (Wildman–Crippen LogP) is 4.92. The average Bonchev–Trinajstić information content (AvgIpc) is 3.33. The van der Waals surface area contributed by atoms with Gasteiger partial charge in [-0.1, -0.05) is 60.4 Å². The minimum Gasteiger partial charge on any atom is -0.748 e. The minimum atomic E-state index is -4.32. The zero-order valence-corrected chi connectivity index (χ0v) is 25.3. The van der Waals surface area contributed by atoms with Gasteiger partial charge < -0.3 is 14.0 Å². The van der Waals surface area contributed by atoms with Crippen molar-refractivity contribution in [1.82, 2.24) is 0 Å². The molecule has 0 N–H and O–H groups in total. The van der Waals surface area contributed by atoms with Crippen molar-refractivity contribution in [3.8, 4) is 0 Å². The fourth-order valence-corrected chi connectivity index (χ4v) is 7.86. The first-order valence-corrected chi connectivity index (χ1v) is 17.4. The molecule has 0 radical (unpaired) electrons. The summed E-state index contributed by atoms with van der Waals surface area (Å²) in [5.74, 6) is -0.829. The molecule has 0 atom stereocenters. The third-order valence-electron chi connectivity index (χ3n) is 6.63. The van der Waals surface area contributed by atoms with Gasteiger partial charge in [-0.3, -0.25) is 0 Å². The molecule has 2 aromatic carbocycles. The lowest BCUT2D eigenvalue weighted by Gasteiger charge is -2.22. The van der Waals surface area contributed by atoms with E-state index in [1.54, 1.807) is 23.1 Å².